The zero-order valence-electron chi connectivity index (χ0n) is 18.4. The number of nitrogens with zero attached hydrogens (tertiary/aromatic N) is 2. The van der Waals surface area contributed by atoms with Gasteiger partial charge in [0.25, 0.3) is 5.91 Å². The molecule has 1 aliphatic heterocycles. The molecule has 0 bridgehead atoms. The SMILES string of the molecule is C=c1c2ccc3c4c(ccc(c(=S)n1C1CCCCC1)c42)C(=S)N(C1CCCCC1)C3=O. The highest BCUT2D eigenvalue weighted by Gasteiger charge is 2.36. The highest BCUT2D eigenvalue weighted by Crippen LogP contribution is 2.39. The van der Waals surface area contributed by atoms with Crippen molar-refractivity contribution in [2.75, 3.05) is 0 Å². The van der Waals surface area contributed by atoms with Crippen LogP contribution in [0, 0.1) is 4.64 Å². The molecule has 2 aromatic carbocycles. The van der Waals surface area contributed by atoms with E-state index < -0.39 is 0 Å². The van der Waals surface area contributed by atoms with E-state index in [4.69, 9.17) is 24.4 Å². The molecule has 2 heterocycles. The molecule has 1 amide bonds. The predicted octanol–water partition coefficient (Wildman–Crippen LogP) is 6.62. The van der Waals surface area contributed by atoms with Gasteiger partial charge < -0.3 is 4.57 Å². The Balaban J connectivity index is 1.59. The number of carbonyl (C=O) groups is 1. The molecule has 2 saturated carbocycles. The molecular weight excluding hydrogens is 432 g/mol. The second kappa shape index (κ2) is 7.74. The minimum atomic E-state index is 0.0596. The Morgan fingerprint density at radius 3 is 2.03 bits per heavy atom. The summed E-state index contributed by atoms with van der Waals surface area (Å²) >= 11 is 12.0. The Labute approximate surface area is 199 Å². The van der Waals surface area contributed by atoms with Crippen molar-refractivity contribution in [2.24, 2.45) is 0 Å². The van der Waals surface area contributed by atoms with Crippen molar-refractivity contribution in [3.05, 3.63) is 45.4 Å². The van der Waals surface area contributed by atoms with E-state index in [0.717, 1.165) is 68.3 Å². The first-order valence-corrected chi connectivity index (χ1v) is 12.9. The number of thiocarbonyl (C=S) groups is 1. The van der Waals surface area contributed by atoms with Crippen LogP contribution >= 0.6 is 24.4 Å². The zero-order valence-corrected chi connectivity index (χ0v) is 20.0. The first-order chi connectivity index (χ1) is 15.6. The summed E-state index contributed by atoms with van der Waals surface area (Å²) in [5, 5.41) is 5.18. The van der Waals surface area contributed by atoms with Gasteiger partial charge in [-0.05, 0) is 31.7 Å². The Morgan fingerprint density at radius 2 is 1.34 bits per heavy atom. The third kappa shape index (κ3) is 2.87. The number of hydrogen-bond acceptors (Lipinski definition) is 3. The molecule has 3 aliphatic rings. The summed E-state index contributed by atoms with van der Waals surface area (Å²) in [6.45, 7) is 4.49. The normalized spacial score (nSPS) is 20.6. The molecule has 2 fully saturated rings. The molecule has 6 rings (SSSR count). The van der Waals surface area contributed by atoms with Gasteiger partial charge in [-0.2, -0.15) is 0 Å². The van der Waals surface area contributed by atoms with Gasteiger partial charge in [-0.1, -0.05) is 87.7 Å². The van der Waals surface area contributed by atoms with Gasteiger partial charge >= 0.3 is 0 Å². The molecule has 1 aromatic heterocycles. The Morgan fingerprint density at radius 1 is 0.750 bits per heavy atom. The number of benzene rings is 2. The monoisotopic (exact) mass is 460 g/mol. The summed E-state index contributed by atoms with van der Waals surface area (Å²) in [5.74, 6) is 0.0596. The van der Waals surface area contributed by atoms with Crippen molar-refractivity contribution < 1.29 is 4.79 Å². The van der Waals surface area contributed by atoms with E-state index in [1.165, 1.54) is 38.5 Å². The zero-order chi connectivity index (χ0) is 22.0. The molecule has 3 nitrogen and oxygen atoms in total. The lowest BCUT2D eigenvalue weighted by Gasteiger charge is -2.38. The van der Waals surface area contributed by atoms with E-state index in [-0.39, 0.29) is 11.9 Å². The van der Waals surface area contributed by atoms with Gasteiger partial charge in [0.1, 0.15) is 9.63 Å². The van der Waals surface area contributed by atoms with Crippen LogP contribution in [-0.4, -0.2) is 26.4 Å². The lowest BCUT2D eigenvalue weighted by atomic mass is 9.87. The Hall–Kier alpha value is -2.11. The van der Waals surface area contributed by atoms with Crippen LogP contribution in [0.5, 0.6) is 0 Å². The minimum absolute atomic E-state index is 0.0596. The lowest BCUT2D eigenvalue weighted by Crippen LogP contribution is -2.47. The summed E-state index contributed by atoms with van der Waals surface area (Å²) in [6.07, 6.45) is 11.8. The third-order valence-corrected chi connectivity index (χ3v) is 8.82. The highest BCUT2D eigenvalue weighted by molar-refractivity contribution is 7.80. The second-order valence-electron chi connectivity index (χ2n) is 9.76. The molecule has 0 unspecified atom stereocenters. The molecule has 2 aliphatic carbocycles. The second-order valence-corrected chi connectivity index (χ2v) is 10.5. The van der Waals surface area contributed by atoms with Gasteiger partial charge in [-0.15, -0.1) is 0 Å². The van der Waals surface area contributed by atoms with E-state index in [1.807, 2.05) is 11.0 Å². The molecule has 0 spiro atoms. The minimum Gasteiger partial charge on any atom is -0.329 e. The van der Waals surface area contributed by atoms with Crippen molar-refractivity contribution in [3.8, 4) is 0 Å². The van der Waals surface area contributed by atoms with Gasteiger partial charge in [0.2, 0.25) is 0 Å². The number of rotatable bonds is 2. The number of hydrogen-bond donors (Lipinski definition) is 0. The van der Waals surface area contributed by atoms with Crippen LogP contribution in [0.2, 0.25) is 0 Å². The van der Waals surface area contributed by atoms with Crippen LogP contribution in [0.4, 0.5) is 0 Å². The smallest absolute Gasteiger partial charge is 0.259 e. The quantitative estimate of drug-likeness (QED) is 0.402. The van der Waals surface area contributed by atoms with Crippen molar-refractivity contribution in [1.82, 2.24) is 9.47 Å². The van der Waals surface area contributed by atoms with Gasteiger partial charge in [-0.3, -0.25) is 9.69 Å². The van der Waals surface area contributed by atoms with Crippen molar-refractivity contribution in [3.63, 3.8) is 0 Å². The summed E-state index contributed by atoms with van der Waals surface area (Å²) in [5.41, 5.74) is 1.77. The maximum atomic E-state index is 13.7. The van der Waals surface area contributed by atoms with Gasteiger partial charge in [0.05, 0.1) is 0 Å². The molecule has 32 heavy (non-hydrogen) atoms. The van der Waals surface area contributed by atoms with E-state index in [0.29, 0.717) is 11.0 Å². The average molecular weight is 461 g/mol. The first kappa shape index (κ1) is 20.5. The van der Waals surface area contributed by atoms with Crippen LogP contribution in [0.1, 0.15) is 86.2 Å². The third-order valence-electron chi connectivity index (χ3n) is 7.99. The average Bonchev–Trinajstić information content (AvgIpc) is 2.83. The van der Waals surface area contributed by atoms with E-state index in [2.05, 4.69) is 29.3 Å². The van der Waals surface area contributed by atoms with Crippen molar-refractivity contribution in [2.45, 2.75) is 76.3 Å². The van der Waals surface area contributed by atoms with Gasteiger partial charge in [-0.25, -0.2) is 0 Å². The van der Waals surface area contributed by atoms with Crippen LogP contribution in [0.15, 0.2) is 24.3 Å². The molecule has 5 heteroatoms. The number of pyridine rings is 1. The summed E-state index contributed by atoms with van der Waals surface area (Å²) in [7, 11) is 0. The summed E-state index contributed by atoms with van der Waals surface area (Å²) < 4.78 is 3.15. The molecule has 0 atom stereocenters. The summed E-state index contributed by atoms with van der Waals surface area (Å²) in [4.78, 5) is 16.3. The maximum Gasteiger partial charge on any atom is 0.259 e. The van der Waals surface area contributed by atoms with Gasteiger partial charge in [0, 0.05) is 50.1 Å². The van der Waals surface area contributed by atoms with Crippen LogP contribution in [0.3, 0.4) is 0 Å². The van der Waals surface area contributed by atoms with E-state index in [9.17, 15) is 4.79 Å². The van der Waals surface area contributed by atoms with Crippen LogP contribution in [-0.2, 0) is 0 Å². The summed E-state index contributed by atoms with van der Waals surface area (Å²) in [6, 6.07) is 8.98. The number of carbonyl (C=O) groups excluding carboxylic acids is 1. The largest absolute Gasteiger partial charge is 0.329 e. The van der Waals surface area contributed by atoms with Crippen molar-refractivity contribution >= 4 is 63.5 Å². The Kier molecular flexibility index (Phi) is 4.96. The standard InChI is InChI=1S/C27H28N2OS2/c1-16-19-12-13-20-24-22(27(32)29(25(20)30)18-10-6-3-7-11-18)15-14-21(23(19)24)26(31)28(16)17-8-4-2-5-9-17/h12-15,17-18H,1-11H2. The predicted molar refractivity (Wildman–Crippen MR) is 138 cm³/mol. The first-order valence-electron chi connectivity index (χ1n) is 12.1. The van der Waals surface area contributed by atoms with E-state index >= 15 is 0 Å². The molecule has 164 valence electrons. The van der Waals surface area contributed by atoms with E-state index in [1.54, 1.807) is 0 Å². The molecular formula is C27H28N2OS2. The van der Waals surface area contributed by atoms with Gasteiger partial charge in [0.15, 0.2) is 0 Å². The fraction of sp³-hybridized carbons (Fsp3) is 0.444. The topological polar surface area (TPSA) is 25.2 Å². The Bertz CT molecular complexity index is 1290. The lowest BCUT2D eigenvalue weighted by molar-refractivity contribution is 0.0779. The van der Waals surface area contributed by atoms with Crippen molar-refractivity contribution in [1.29, 1.82) is 0 Å². The molecule has 3 aromatic rings. The molecule has 0 N–H and O–H groups in total. The highest BCUT2D eigenvalue weighted by atomic mass is 32.1. The van der Waals surface area contributed by atoms with Crippen LogP contribution < -0.4 is 5.35 Å². The number of amides is 1. The fourth-order valence-corrected chi connectivity index (χ4v) is 7.23. The molecule has 0 radical (unpaired) electrons. The molecule has 0 saturated heterocycles. The maximum absolute atomic E-state index is 13.7. The van der Waals surface area contributed by atoms with Crippen LogP contribution in [0.25, 0.3) is 28.1 Å². The number of aromatic nitrogens is 1. The fourth-order valence-electron chi connectivity index (χ4n) is 6.40.